The topological polar surface area (TPSA) is 50.4 Å². The lowest BCUT2D eigenvalue weighted by Gasteiger charge is -2.12. The van der Waals surface area contributed by atoms with E-state index in [1.807, 2.05) is 42.5 Å². The molecule has 0 spiro atoms. The number of hydrogen-bond donors (Lipinski definition) is 2. The first kappa shape index (κ1) is 14.6. The normalized spacial score (nSPS) is 17.2. The van der Waals surface area contributed by atoms with E-state index < -0.39 is 0 Å². The highest BCUT2D eigenvalue weighted by atomic mass is 16.5. The second-order valence-corrected chi connectivity index (χ2v) is 5.51. The van der Waals surface area contributed by atoms with Gasteiger partial charge in [0.25, 0.3) is 5.91 Å². The molecule has 114 valence electrons. The Morgan fingerprint density at radius 3 is 2.50 bits per heavy atom. The highest BCUT2D eigenvalue weighted by Gasteiger charge is 2.23. The minimum absolute atomic E-state index is 0.0582. The molecule has 1 aliphatic heterocycles. The van der Waals surface area contributed by atoms with Gasteiger partial charge in [0.15, 0.2) is 0 Å². The summed E-state index contributed by atoms with van der Waals surface area (Å²) in [7, 11) is 0. The molecule has 1 heterocycles. The van der Waals surface area contributed by atoms with E-state index in [4.69, 9.17) is 4.74 Å². The molecule has 2 N–H and O–H groups in total. The number of nitrogens with one attached hydrogen (secondary N) is 2. The Hall–Kier alpha value is -2.33. The molecule has 0 aliphatic carbocycles. The maximum atomic E-state index is 12.0. The fourth-order valence-electron chi connectivity index (χ4n) is 2.51. The van der Waals surface area contributed by atoms with Gasteiger partial charge in [-0.1, -0.05) is 18.2 Å². The van der Waals surface area contributed by atoms with Crippen molar-refractivity contribution in [2.45, 2.75) is 25.9 Å². The second kappa shape index (κ2) is 6.62. The second-order valence-electron chi connectivity index (χ2n) is 5.51. The molecule has 1 saturated heterocycles. The molecule has 1 fully saturated rings. The third kappa shape index (κ3) is 3.46. The van der Waals surface area contributed by atoms with Crippen LogP contribution in [0.1, 0.15) is 18.4 Å². The molecule has 4 heteroatoms. The fourth-order valence-corrected chi connectivity index (χ4v) is 2.51. The Labute approximate surface area is 130 Å². The van der Waals surface area contributed by atoms with Gasteiger partial charge >= 0.3 is 0 Å². The molecule has 3 rings (SSSR count). The zero-order valence-corrected chi connectivity index (χ0v) is 12.6. The largest absolute Gasteiger partial charge is 0.368 e. The Balaban J connectivity index is 1.63. The quantitative estimate of drug-likeness (QED) is 0.901. The van der Waals surface area contributed by atoms with Crippen LogP contribution in [0.3, 0.4) is 0 Å². The summed E-state index contributed by atoms with van der Waals surface area (Å²) < 4.78 is 5.38. The first-order valence-electron chi connectivity index (χ1n) is 7.57. The standard InChI is InChI=1S/C18H20N2O2/c1-13-5-2-3-6-16(13)19-14-8-10-15(11-9-14)20-18(21)17-7-4-12-22-17/h2-3,5-6,8-11,17,19H,4,7,12H2,1H3,(H,20,21). The van der Waals surface area contributed by atoms with Gasteiger partial charge in [-0.3, -0.25) is 4.79 Å². The van der Waals surface area contributed by atoms with Gasteiger partial charge in [0.1, 0.15) is 6.10 Å². The van der Waals surface area contributed by atoms with Gasteiger partial charge in [0, 0.05) is 23.7 Å². The molecule has 1 amide bonds. The molecule has 0 radical (unpaired) electrons. The predicted molar refractivity (Wildman–Crippen MR) is 88.5 cm³/mol. The van der Waals surface area contributed by atoms with Crippen molar-refractivity contribution in [3.8, 4) is 0 Å². The molecule has 0 saturated carbocycles. The maximum Gasteiger partial charge on any atom is 0.253 e. The van der Waals surface area contributed by atoms with Crippen molar-refractivity contribution in [1.82, 2.24) is 0 Å². The van der Waals surface area contributed by atoms with Crippen molar-refractivity contribution in [3.63, 3.8) is 0 Å². The number of ether oxygens (including phenoxy) is 1. The van der Waals surface area contributed by atoms with Gasteiger partial charge < -0.3 is 15.4 Å². The predicted octanol–water partition coefficient (Wildman–Crippen LogP) is 3.86. The summed E-state index contributed by atoms with van der Waals surface area (Å²) in [5.74, 6) is -0.0582. The average Bonchev–Trinajstić information content (AvgIpc) is 3.06. The van der Waals surface area contributed by atoms with Crippen LogP contribution in [0.2, 0.25) is 0 Å². The summed E-state index contributed by atoms with van der Waals surface area (Å²) in [6.07, 6.45) is 1.46. The third-order valence-corrected chi connectivity index (χ3v) is 3.80. The van der Waals surface area contributed by atoms with Crippen molar-refractivity contribution in [2.24, 2.45) is 0 Å². The Morgan fingerprint density at radius 1 is 1.09 bits per heavy atom. The van der Waals surface area contributed by atoms with E-state index in [2.05, 4.69) is 23.6 Å². The van der Waals surface area contributed by atoms with Crippen LogP contribution in [0.4, 0.5) is 17.1 Å². The smallest absolute Gasteiger partial charge is 0.253 e. The number of carbonyl (C=O) groups excluding carboxylic acids is 1. The summed E-state index contributed by atoms with van der Waals surface area (Å²) in [6.45, 7) is 2.75. The van der Waals surface area contributed by atoms with E-state index in [0.717, 1.165) is 29.9 Å². The monoisotopic (exact) mass is 296 g/mol. The van der Waals surface area contributed by atoms with Crippen LogP contribution in [0.25, 0.3) is 0 Å². The zero-order chi connectivity index (χ0) is 15.4. The molecular formula is C18H20N2O2. The van der Waals surface area contributed by atoms with Gasteiger partial charge in [0.2, 0.25) is 0 Å². The lowest BCUT2D eigenvalue weighted by molar-refractivity contribution is -0.124. The van der Waals surface area contributed by atoms with E-state index in [1.54, 1.807) is 0 Å². The summed E-state index contributed by atoms with van der Waals surface area (Å²) in [6, 6.07) is 15.8. The van der Waals surface area contributed by atoms with Crippen LogP contribution < -0.4 is 10.6 Å². The van der Waals surface area contributed by atoms with E-state index in [9.17, 15) is 4.79 Å². The highest BCUT2D eigenvalue weighted by molar-refractivity contribution is 5.94. The maximum absolute atomic E-state index is 12.0. The van der Waals surface area contributed by atoms with E-state index >= 15 is 0 Å². The summed E-state index contributed by atoms with van der Waals surface area (Å²) in [5, 5.41) is 6.27. The van der Waals surface area contributed by atoms with Gasteiger partial charge in [-0.05, 0) is 55.7 Å². The molecule has 0 aromatic heterocycles. The minimum atomic E-state index is -0.301. The molecule has 1 atom stereocenters. The number of aryl methyl sites for hydroxylation is 1. The Morgan fingerprint density at radius 2 is 1.82 bits per heavy atom. The number of anilines is 3. The summed E-state index contributed by atoms with van der Waals surface area (Å²) >= 11 is 0. The van der Waals surface area contributed by atoms with E-state index in [1.165, 1.54) is 5.56 Å². The first-order valence-corrected chi connectivity index (χ1v) is 7.57. The lowest BCUT2D eigenvalue weighted by atomic mass is 10.2. The average molecular weight is 296 g/mol. The molecule has 22 heavy (non-hydrogen) atoms. The van der Waals surface area contributed by atoms with E-state index in [0.29, 0.717) is 6.61 Å². The minimum Gasteiger partial charge on any atom is -0.368 e. The first-order chi connectivity index (χ1) is 10.7. The van der Waals surface area contributed by atoms with Crippen molar-refractivity contribution < 1.29 is 9.53 Å². The number of para-hydroxylation sites is 1. The van der Waals surface area contributed by atoms with Crippen LogP contribution in [0, 0.1) is 6.92 Å². The van der Waals surface area contributed by atoms with E-state index in [-0.39, 0.29) is 12.0 Å². The lowest BCUT2D eigenvalue weighted by Crippen LogP contribution is -2.26. The number of rotatable bonds is 4. The number of amides is 1. The highest BCUT2D eigenvalue weighted by Crippen LogP contribution is 2.22. The van der Waals surface area contributed by atoms with Crippen LogP contribution in [0.5, 0.6) is 0 Å². The Kier molecular flexibility index (Phi) is 4.39. The molecule has 1 aliphatic rings. The van der Waals surface area contributed by atoms with Gasteiger partial charge in [-0.2, -0.15) is 0 Å². The van der Waals surface area contributed by atoms with Gasteiger partial charge in [0.05, 0.1) is 0 Å². The number of hydrogen-bond acceptors (Lipinski definition) is 3. The number of carbonyl (C=O) groups is 1. The van der Waals surface area contributed by atoms with Gasteiger partial charge in [-0.15, -0.1) is 0 Å². The zero-order valence-electron chi connectivity index (χ0n) is 12.6. The third-order valence-electron chi connectivity index (χ3n) is 3.80. The molecule has 2 aromatic rings. The van der Waals surface area contributed by atoms with Gasteiger partial charge in [-0.25, -0.2) is 0 Å². The molecule has 1 unspecified atom stereocenters. The van der Waals surface area contributed by atoms with Crippen molar-refractivity contribution in [2.75, 3.05) is 17.2 Å². The van der Waals surface area contributed by atoms with Crippen molar-refractivity contribution in [3.05, 3.63) is 54.1 Å². The van der Waals surface area contributed by atoms with Crippen molar-refractivity contribution >= 4 is 23.0 Å². The van der Waals surface area contributed by atoms with Crippen LogP contribution >= 0.6 is 0 Å². The molecular weight excluding hydrogens is 276 g/mol. The summed E-state index contributed by atoms with van der Waals surface area (Å²) in [4.78, 5) is 12.0. The van der Waals surface area contributed by atoms with Crippen molar-refractivity contribution in [1.29, 1.82) is 0 Å². The Bertz CT molecular complexity index is 646. The summed E-state index contributed by atoms with van der Waals surface area (Å²) in [5.41, 5.74) is 4.05. The number of benzene rings is 2. The van der Waals surface area contributed by atoms with Crippen LogP contribution in [-0.2, 0) is 9.53 Å². The van der Waals surface area contributed by atoms with Crippen LogP contribution in [-0.4, -0.2) is 18.6 Å². The van der Waals surface area contributed by atoms with Crippen LogP contribution in [0.15, 0.2) is 48.5 Å². The molecule has 4 nitrogen and oxygen atoms in total. The molecule has 0 bridgehead atoms. The molecule has 2 aromatic carbocycles. The SMILES string of the molecule is Cc1ccccc1Nc1ccc(NC(=O)C2CCCO2)cc1. The fraction of sp³-hybridized carbons (Fsp3) is 0.278.